The summed E-state index contributed by atoms with van der Waals surface area (Å²) in [7, 11) is 0. The van der Waals surface area contributed by atoms with Crippen LogP contribution in [0.25, 0.3) is 10.1 Å². The van der Waals surface area contributed by atoms with E-state index in [4.69, 9.17) is 4.74 Å². The Bertz CT molecular complexity index is 462. The van der Waals surface area contributed by atoms with E-state index in [1.54, 1.807) is 17.4 Å². The first-order valence-corrected chi connectivity index (χ1v) is 5.35. The van der Waals surface area contributed by atoms with Gasteiger partial charge in [-0.15, -0.1) is 11.3 Å². The smallest absolute Gasteiger partial charge is 0.130 e. The largest absolute Gasteiger partial charge is 0.493 e. The van der Waals surface area contributed by atoms with Crippen molar-refractivity contribution in [1.82, 2.24) is 0 Å². The van der Waals surface area contributed by atoms with E-state index in [1.165, 1.54) is 10.9 Å². The first-order chi connectivity index (χ1) is 6.70. The van der Waals surface area contributed by atoms with E-state index in [2.05, 4.69) is 0 Å². The van der Waals surface area contributed by atoms with Crippen molar-refractivity contribution in [3.8, 4) is 5.75 Å². The maximum absolute atomic E-state index is 13.2. The molecule has 3 heteroatoms. The van der Waals surface area contributed by atoms with Crippen molar-refractivity contribution < 1.29 is 9.13 Å². The monoisotopic (exact) mass is 210 g/mol. The van der Waals surface area contributed by atoms with Crippen molar-refractivity contribution in [3.63, 3.8) is 0 Å². The number of rotatable bonds is 2. The number of benzene rings is 1. The second kappa shape index (κ2) is 3.58. The number of hydrogen-bond donors (Lipinski definition) is 0. The summed E-state index contributed by atoms with van der Waals surface area (Å²) >= 11 is 1.59. The maximum atomic E-state index is 13.2. The summed E-state index contributed by atoms with van der Waals surface area (Å²) in [5.41, 5.74) is 0. The van der Waals surface area contributed by atoms with E-state index in [1.807, 2.05) is 19.9 Å². The highest BCUT2D eigenvalue weighted by Gasteiger charge is 2.07. The molecule has 0 unspecified atom stereocenters. The quantitative estimate of drug-likeness (QED) is 0.733. The average molecular weight is 210 g/mol. The molecule has 74 valence electrons. The lowest BCUT2D eigenvalue weighted by atomic mass is 10.2. The molecule has 0 saturated carbocycles. The van der Waals surface area contributed by atoms with E-state index in [0.717, 1.165) is 10.1 Å². The lowest BCUT2D eigenvalue weighted by Gasteiger charge is -2.04. The Morgan fingerprint density at radius 1 is 1.36 bits per heavy atom. The summed E-state index contributed by atoms with van der Waals surface area (Å²) in [6, 6.07) is 5.03. The van der Waals surface area contributed by atoms with Crippen LogP contribution in [0.5, 0.6) is 5.75 Å². The van der Waals surface area contributed by atoms with Crippen LogP contribution in [0.3, 0.4) is 0 Å². The van der Waals surface area contributed by atoms with Crippen molar-refractivity contribution in [1.29, 1.82) is 0 Å². The molecule has 0 aliphatic carbocycles. The summed E-state index contributed by atoms with van der Waals surface area (Å²) < 4.78 is 19.5. The van der Waals surface area contributed by atoms with E-state index in [-0.39, 0.29) is 5.82 Å². The molecule has 0 saturated heterocycles. The summed E-state index contributed by atoms with van der Waals surface area (Å²) in [6.07, 6.45) is 0. The lowest BCUT2D eigenvalue weighted by Crippen LogP contribution is -1.92. The van der Waals surface area contributed by atoms with Gasteiger partial charge in [-0.2, -0.15) is 0 Å². The van der Waals surface area contributed by atoms with Crippen LogP contribution in [-0.4, -0.2) is 6.61 Å². The number of fused-ring (bicyclic) bond motifs is 1. The fraction of sp³-hybridized carbons (Fsp3) is 0.273. The standard InChI is InChI=1S/C11H11FOS/c1-3-13-10-5-8(12)6-11-9(10)4-7(2)14-11/h4-6H,3H2,1-2H3. The van der Waals surface area contributed by atoms with Crippen LogP contribution in [0.4, 0.5) is 4.39 Å². The van der Waals surface area contributed by atoms with Crippen molar-refractivity contribution in [3.05, 3.63) is 28.9 Å². The van der Waals surface area contributed by atoms with Gasteiger partial charge in [-0.05, 0) is 26.0 Å². The molecule has 0 spiro atoms. The van der Waals surface area contributed by atoms with Crippen molar-refractivity contribution in [2.24, 2.45) is 0 Å². The van der Waals surface area contributed by atoms with E-state index in [9.17, 15) is 4.39 Å². The van der Waals surface area contributed by atoms with Gasteiger partial charge in [0.25, 0.3) is 0 Å². The molecule has 0 fully saturated rings. The lowest BCUT2D eigenvalue weighted by molar-refractivity contribution is 0.342. The van der Waals surface area contributed by atoms with Gasteiger partial charge in [0.15, 0.2) is 0 Å². The van der Waals surface area contributed by atoms with Gasteiger partial charge >= 0.3 is 0 Å². The Morgan fingerprint density at radius 2 is 2.14 bits per heavy atom. The molecular weight excluding hydrogens is 199 g/mol. The van der Waals surface area contributed by atoms with Crippen LogP contribution < -0.4 is 4.74 Å². The molecule has 2 rings (SSSR count). The van der Waals surface area contributed by atoms with Crippen LogP contribution in [0.1, 0.15) is 11.8 Å². The number of hydrogen-bond acceptors (Lipinski definition) is 2. The highest BCUT2D eigenvalue weighted by Crippen LogP contribution is 2.33. The molecular formula is C11H11FOS. The van der Waals surface area contributed by atoms with E-state index in [0.29, 0.717) is 12.4 Å². The second-order valence-corrected chi connectivity index (χ2v) is 4.39. The zero-order chi connectivity index (χ0) is 10.1. The van der Waals surface area contributed by atoms with Crippen LogP contribution >= 0.6 is 11.3 Å². The van der Waals surface area contributed by atoms with Crippen molar-refractivity contribution in [2.45, 2.75) is 13.8 Å². The molecule has 0 radical (unpaired) electrons. The Kier molecular flexibility index (Phi) is 2.42. The SMILES string of the molecule is CCOc1cc(F)cc2sc(C)cc12. The predicted molar refractivity (Wildman–Crippen MR) is 57.7 cm³/mol. The first-order valence-electron chi connectivity index (χ1n) is 4.53. The van der Waals surface area contributed by atoms with Crippen molar-refractivity contribution in [2.75, 3.05) is 6.61 Å². The molecule has 1 heterocycles. The van der Waals surface area contributed by atoms with E-state index < -0.39 is 0 Å². The minimum Gasteiger partial charge on any atom is -0.493 e. The minimum atomic E-state index is -0.234. The summed E-state index contributed by atoms with van der Waals surface area (Å²) in [5.74, 6) is 0.412. The zero-order valence-electron chi connectivity index (χ0n) is 8.13. The third-order valence-electron chi connectivity index (χ3n) is 1.99. The Morgan fingerprint density at radius 3 is 2.86 bits per heavy atom. The van der Waals surface area contributed by atoms with Gasteiger partial charge < -0.3 is 4.74 Å². The zero-order valence-corrected chi connectivity index (χ0v) is 8.95. The maximum Gasteiger partial charge on any atom is 0.130 e. The summed E-state index contributed by atoms with van der Waals surface area (Å²) in [4.78, 5) is 1.17. The van der Waals surface area contributed by atoms with Gasteiger partial charge in [-0.25, -0.2) is 4.39 Å². The minimum absolute atomic E-state index is 0.234. The number of halogens is 1. The van der Waals surface area contributed by atoms with Gasteiger partial charge in [0.05, 0.1) is 6.61 Å². The van der Waals surface area contributed by atoms with Gasteiger partial charge in [0, 0.05) is 21.0 Å². The highest BCUT2D eigenvalue weighted by molar-refractivity contribution is 7.19. The third kappa shape index (κ3) is 1.60. The number of aryl methyl sites for hydroxylation is 1. The first kappa shape index (κ1) is 9.46. The highest BCUT2D eigenvalue weighted by atomic mass is 32.1. The molecule has 0 amide bonds. The molecule has 1 aromatic heterocycles. The molecule has 0 aliphatic heterocycles. The fourth-order valence-corrected chi connectivity index (χ4v) is 2.44. The van der Waals surface area contributed by atoms with Gasteiger partial charge in [0.2, 0.25) is 0 Å². The molecule has 14 heavy (non-hydrogen) atoms. The predicted octanol–water partition coefficient (Wildman–Crippen LogP) is 3.75. The van der Waals surface area contributed by atoms with Crippen LogP contribution in [-0.2, 0) is 0 Å². The molecule has 0 N–H and O–H groups in total. The van der Waals surface area contributed by atoms with Crippen LogP contribution in [0.2, 0.25) is 0 Å². The van der Waals surface area contributed by atoms with E-state index >= 15 is 0 Å². The van der Waals surface area contributed by atoms with Gasteiger partial charge in [-0.3, -0.25) is 0 Å². The second-order valence-electron chi connectivity index (χ2n) is 3.11. The average Bonchev–Trinajstić information content (AvgIpc) is 2.45. The van der Waals surface area contributed by atoms with Gasteiger partial charge in [0.1, 0.15) is 11.6 Å². The Labute approximate surface area is 86.1 Å². The molecule has 0 bridgehead atoms. The third-order valence-corrected chi connectivity index (χ3v) is 2.98. The fourth-order valence-electron chi connectivity index (χ4n) is 1.48. The summed E-state index contributed by atoms with van der Waals surface area (Å²) in [6.45, 7) is 4.47. The Hall–Kier alpha value is -1.09. The normalized spacial score (nSPS) is 10.8. The summed E-state index contributed by atoms with van der Waals surface area (Å²) in [5, 5.41) is 1.01. The molecule has 2 aromatic rings. The van der Waals surface area contributed by atoms with Gasteiger partial charge in [-0.1, -0.05) is 0 Å². The van der Waals surface area contributed by atoms with Crippen molar-refractivity contribution >= 4 is 21.4 Å². The van der Waals surface area contributed by atoms with Crippen LogP contribution in [0.15, 0.2) is 18.2 Å². The van der Waals surface area contributed by atoms with Crippen LogP contribution in [0, 0.1) is 12.7 Å². The molecule has 0 aliphatic rings. The Balaban J connectivity index is 2.66. The number of thiophene rings is 1. The molecule has 1 aromatic carbocycles. The molecule has 0 atom stereocenters. The molecule has 1 nitrogen and oxygen atoms in total. The topological polar surface area (TPSA) is 9.23 Å². The number of ether oxygens (including phenoxy) is 1.